The van der Waals surface area contributed by atoms with E-state index in [0.717, 1.165) is 6.42 Å². The largest absolute Gasteiger partial charge is 0.325 e. The van der Waals surface area contributed by atoms with E-state index in [2.05, 4.69) is 10.6 Å². The lowest BCUT2D eigenvalue weighted by Gasteiger charge is -2.18. The lowest BCUT2D eigenvalue weighted by Crippen LogP contribution is -2.40. The summed E-state index contributed by atoms with van der Waals surface area (Å²) < 4.78 is 13.5. The van der Waals surface area contributed by atoms with E-state index in [1.807, 2.05) is 13.8 Å². The Hall–Kier alpha value is -1.66. The van der Waals surface area contributed by atoms with Crippen molar-refractivity contribution in [2.75, 3.05) is 10.6 Å². The van der Waals surface area contributed by atoms with Crippen LogP contribution in [0.2, 0.25) is 0 Å². The number of carbonyl (C=O) groups excluding carboxylic acids is 2. The minimum absolute atomic E-state index is 0. The molecule has 1 rings (SSSR count). The Morgan fingerprint density at radius 3 is 2.48 bits per heavy atom. The number of nitrogens with one attached hydrogen (secondary N) is 2. The minimum Gasteiger partial charge on any atom is -0.325 e. The number of anilines is 2. The molecule has 0 saturated carbocycles. The summed E-state index contributed by atoms with van der Waals surface area (Å²) in [6.07, 6.45) is 0.787. The molecule has 0 heterocycles. The Labute approximate surface area is 129 Å². The Morgan fingerprint density at radius 2 is 1.95 bits per heavy atom. The fourth-order valence-corrected chi connectivity index (χ4v) is 1.63. The molecule has 2 unspecified atom stereocenters. The van der Waals surface area contributed by atoms with Crippen LogP contribution in [0, 0.1) is 11.7 Å². The summed E-state index contributed by atoms with van der Waals surface area (Å²) in [5.74, 6) is -1.24. The number of hydrogen-bond acceptors (Lipinski definition) is 3. The van der Waals surface area contributed by atoms with Crippen molar-refractivity contribution in [3.63, 3.8) is 0 Å². The number of halogens is 2. The lowest BCUT2D eigenvalue weighted by molar-refractivity contribution is -0.118. The highest BCUT2D eigenvalue weighted by atomic mass is 35.5. The van der Waals surface area contributed by atoms with E-state index in [1.54, 1.807) is 0 Å². The highest BCUT2D eigenvalue weighted by molar-refractivity contribution is 5.96. The van der Waals surface area contributed by atoms with E-state index in [4.69, 9.17) is 5.73 Å². The first-order valence-corrected chi connectivity index (χ1v) is 6.48. The molecule has 5 nitrogen and oxygen atoms in total. The van der Waals surface area contributed by atoms with Gasteiger partial charge in [0, 0.05) is 12.6 Å². The van der Waals surface area contributed by atoms with Crippen LogP contribution in [0.4, 0.5) is 15.8 Å². The molecule has 0 aliphatic rings. The van der Waals surface area contributed by atoms with Crippen molar-refractivity contribution in [3.8, 4) is 0 Å². The van der Waals surface area contributed by atoms with Gasteiger partial charge < -0.3 is 16.4 Å². The topological polar surface area (TPSA) is 84.2 Å². The molecule has 1 aromatic rings. The minimum atomic E-state index is -0.630. The fourth-order valence-electron chi connectivity index (χ4n) is 1.63. The third kappa shape index (κ3) is 5.69. The Morgan fingerprint density at radius 1 is 1.33 bits per heavy atom. The molecule has 0 fully saturated rings. The van der Waals surface area contributed by atoms with Crippen molar-refractivity contribution in [3.05, 3.63) is 24.0 Å². The Bertz CT molecular complexity index is 511. The predicted molar refractivity (Wildman–Crippen MR) is 84.0 cm³/mol. The van der Waals surface area contributed by atoms with Crippen LogP contribution in [0.15, 0.2) is 18.2 Å². The van der Waals surface area contributed by atoms with E-state index in [0.29, 0.717) is 5.69 Å². The maximum atomic E-state index is 13.5. The van der Waals surface area contributed by atoms with Gasteiger partial charge in [-0.3, -0.25) is 9.59 Å². The first-order valence-electron chi connectivity index (χ1n) is 6.48. The zero-order chi connectivity index (χ0) is 15.3. The van der Waals surface area contributed by atoms with Crippen LogP contribution >= 0.6 is 12.4 Å². The van der Waals surface area contributed by atoms with Crippen LogP contribution in [0.1, 0.15) is 27.2 Å². The molecule has 2 amide bonds. The normalized spacial score (nSPS) is 12.8. The molecular weight excluding hydrogens is 297 g/mol. The molecule has 7 heteroatoms. The van der Waals surface area contributed by atoms with Crippen molar-refractivity contribution >= 4 is 35.6 Å². The van der Waals surface area contributed by atoms with Gasteiger partial charge in [-0.15, -0.1) is 12.4 Å². The molecule has 0 spiro atoms. The summed E-state index contributed by atoms with van der Waals surface area (Å²) in [4.78, 5) is 22.9. The van der Waals surface area contributed by atoms with E-state index >= 15 is 0 Å². The Kier molecular flexibility index (Phi) is 7.91. The molecule has 0 aliphatic heterocycles. The van der Waals surface area contributed by atoms with Crippen LogP contribution in [0.3, 0.4) is 0 Å². The number of hydrogen-bond donors (Lipinski definition) is 3. The summed E-state index contributed by atoms with van der Waals surface area (Å²) in [7, 11) is 0. The van der Waals surface area contributed by atoms with Gasteiger partial charge in [-0.1, -0.05) is 20.3 Å². The van der Waals surface area contributed by atoms with Crippen LogP contribution in [-0.4, -0.2) is 17.9 Å². The van der Waals surface area contributed by atoms with Crippen LogP contribution in [0.25, 0.3) is 0 Å². The van der Waals surface area contributed by atoms with Gasteiger partial charge in [0.2, 0.25) is 11.8 Å². The van der Waals surface area contributed by atoms with Crippen molar-refractivity contribution in [1.82, 2.24) is 0 Å². The van der Waals surface area contributed by atoms with E-state index in [9.17, 15) is 14.0 Å². The zero-order valence-electron chi connectivity index (χ0n) is 12.3. The number of nitrogens with two attached hydrogens (primary N) is 1. The summed E-state index contributed by atoms with van der Waals surface area (Å²) in [6, 6.07) is 3.32. The van der Waals surface area contributed by atoms with Crippen LogP contribution in [0.5, 0.6) is 0 Å². The second-order valence-corrected chi connectivity index (χ2v) is 4.78. The van der Waals surface area contributed by atoms with Crippen LogP contribution < -0.4 is 16.4 Å². The molecule has 0 bridgehead atoms. The smallest absolute Gasteiger partial charge is 0.241 e. The fraction of sp³-hybridized carbons (Fsp3) is 0.429. The average Bonchev–Trinajstić information content (AvgIpc) is 2.40. The molecule has 0 aromatic heterocycles. The first-order chi connectivity index (χ1) is 9.35. The van der Waals surface area contributed by atoms with Gasteiger partial charge in [0.25, 0.3) is 0 Å². The summed E-state index contributed by atoms with van der Waals surface area (Å²) in [6.45, 7) is 5.12. The number of carbonyl (C=O) groups is 2. The lowest BCUT2D eigenvalue weighted by atomic mass is 9.99. The van der Waals surface area contributed by atoms with Gasteiger partial charge >= 0.3 is 0 Å². The second kappa shape index (κ2) is 8.59. The zero-order valence-corrected chi connectivity index (χ0v) is 13.1. The molecule has 4 N–H and O–H groups in total. The third-order valence-electron chi connectivity index (χ3n) is 3.10. The molecule has 0 aliphatic carbocycles. The van der Waals surface area contributed by atoms with E-state index in [1.165, 1.54) is 25.1 Å². The van der Waals surface area contributed by atoms with E-state index in [-0.39, 0.29) is 35.8 Å². The van der Waals surface area contributed by atoms with E-state index < -0.39 is 11.9 Å². The second-order valence-electron chi connectivity index (χ2n) is 4.78. The van der Waals surface area contributed by atoms with Crippen molar-refractivity contribution in [1.29, 1.82) is 0 Å². The molecule has 0 saturated heterocycles. The summed E-state index contributed by atoms with van der Waals surface area (Å²) in [5, 5.41) is 4.97. The highest BCUT2D eigenvalue weighted by Crippen LogP contribution is 2.20. The molecule has 21 heavy (non-hydrogen) atoms. The quantitative estimate of drug-likeness (QED) is 0.780. The SMILES string of the molecule is CCC(C)C(N)C(=O)Nc1ccc(F)c(NC(C)=O)c1.Cl. The van der Waals surface area contributed by atoms with Crippen molar-refractivity contribution in [2.45, 2.75) is 33.2 Å². The maximum absolute atomic E-state index is 13.5. The monoisotopic (exact) mass is 317 g/mol. The van der Waals surface area contributed by atoms with Crippen molar-refractivity contribution in [2.24, 2.45) is 11.7 Å². The predicted octanol–water partition coefficient (Wildman–Crippen LogP) is 2.52. The first kappa shape index (κ1) is 19.3. The van der Waals surface area contributed by atoms with Gasteiger partial charge in [-0.05, 0) is 24.1 Å². The average molecular weight is 318 g/mol. The molecular formula is C14H21ClFN3O2. The summed E-state index contributed by atoms with van der Waals surface area (Å²) >= 11 is 0. The van der Waals surface area contributed by atoms with Gasteiger partial charge in [0.1, 0.15) is 5.82 Å². The standard InChI is InChI=1S/C14H20FN3O2.ClH/c1-4-8(2)13(16)14(20)18-10-5-6-11(15)12(7-10)17-9(3)19;/h5-8,13H,4,16H2,1-3H3,(H,17,19)(H,18,20);1H. The molecule has 1 aromatic carbocycles. The molecule has 118 valence electrons. The Balaban J connectivity index is 0.00000400. The maximum Gasteiger partial charge on any atom is 0.241 e. The van der Waals surface area contributed by atoms with Gasteiger partial charge in [-0.25, -0.2) is 4.39 Å². The number of amides is 2. The van der Waals surface area contributed by atoms with Gasteiger partial charge in [0.05, 0.1) is 11.7 Å². The number of rotatable bonds is 5. The van der Waals surface area contributed by atoms with Crippen molar-refractivity contribution < 1.29 is 14.0 Å². The highest BCUT2D eigenvalue weighted by Gasteiger charge is 2.19. The molecule has 0 radical (unpaired) electrons. The third-order valence-corrected chi connectivity index (χ3v) is 3.10. The number of benzene rings is 1. The van der Waals surface area contributed by atoms with Crippen LogP contribution in [-0.2, 0) is 9.59 Å². The molecule has 2 atom stereocenters. The van der Waals surface area contributed by atoms with Gasteiger partial charge in [-0.2, -0.15) is 0 Å². The van der Waals surface area contributed by atoms with Gasteiger partial charge in [0.15, 0.2) is 0 Å². The summed E-state index contributed by atoms with van der Waals surface area (Å²) in [5.41, 5.74) is 6.22.